The smallest absolute Gasteiger partial charge is 0.311 e. The molecule has 0 radical (unpaired) electrons. The van der Waals surface area contributed by atoms with Crippen molar-refractivity contribution in [2.75, 3.05) is 5.32 Å². The number of carbonyl (C=O) groups is 1. The summed E-state index contributed by atoms with van der Waals surface area (Å²) in [5, 5.41) is 5.06. The van der Waals surface area contributed by atoms with Crippen LogP contribution in [0.2, 0.25) is 5.02 Å². The topological polar surface area (TPSA) is 37.3 Å². The quantitative estimate of drug-likeness (QED) is 0.467. The van der Waals surface area contributed by atoms with Gasteiger partial charge in [-0.1, -0.05) is 25.4 Å². The normalized spacial score (nSPS) is 17.9. The number of thiophene rings is 1. The van der Waals surface area contributed by atoms with Crippen LogP contribution in [0.1, 0.15) is 54.4 Å². The van der Waals surface area contributed by atoms with E-state index in [4.69, 9.17) is 11.6 Å². The number of amides is 2. The van der Waals surface area contributed by atoms with Crippen molar-refractivity contribution >= 4 is 34.7 Å². The molecule has 1 aliphatic carbocycles. The van der Waals surface area contributed by atoms with Gasteiger partial charge in [0.15, 0.2) is 0 Å². The molecular formula is C24H26ClN3OS. The van der Waals surface area contributed by atoms with Gasteiger partial charge in [-0.05, 0) is 73.6 Å². The van der Waals surface area contributed by atoms with E-state index in [1.54, 1.807) is 12.1 Å². The van der Waals surface area contributed by atoms with Crippen LogP contribution in [0.25, 0.3) is 5.00 Å². The zero-order valence-electron chi connectivity index (χ0n) is 17.3. The molecule has 2 aliphatic rings. The summed E-state index contributed by atoms with van der Waals surface area (Å²) in [7, 11) is 0. The van der Waals surface area contributed by atoms with Crippen LogP contribution in [0, 0.1) is 5.92 Å². The van der Waals surface area contributed by atoms with E-state index in [0.717, 1.165) is 18.5 Å². The van der Waals surface area contributed by atoms with Crippen LogP contribution >= 0.6 is 22.9 Å². The zero-order valence-corrected chi connectivity index (χ0v) is 18.9. The van der Waals surface area contributed by atoms with Crippen molar-refractivity contribution in [1.29, 1.82) is 0 Å². The lowest BCUT2D eigenvalue weighted by molar-refractivity contribution is 0.161. The fourth-order valence-electron chi connectivity index (χ4n) is 4.85. The molecule has 30 heavy (non-hydrogen) atoms. The summed E-state index contributed by atoms with van der Waals surface area (Å²) in [5.74, 6) is 0.291. The van der Waals surface area contributed by atoms with E-state index >= 15 is 0 Å². The van der Waals surface area contributed by atoms with Crippen molar-refractivity contribution in [2.45, 2.75) is 52.1 Å². The van der Waals surface area contributed by atoms with Gasteiger partial charge in [0.25, 0.3) is 0 Å². The maximum Gasteiger partial charge on any atom is 0.322 e. The second-order valence-corrected chi connectivity index (χ2v) is 10.1. The standard InChI is InChI=1S/C24H26ClN3OS/c1-15(2)22-20-7-5-13-27(20)23-19(18-6-3-4-8-21(18)30-23)14-28(22)24(29)26-17-11-9-16(25)10-12-17/h5,7,9-13,15,22H,3-4,6,8,14H2,1-2H3,(H,26,29)/t22-/m1/s1. The fraction of sp³-hybridized carbons (Fsp3) is 0.375. The van der Waals surface area contributed by atoms with Crippen molar-refractivity contribution in [2.24, 2.45) is 5.92 Å². The molecule has 3 heterocycles. The molecule has 2 aromatic heterocycles. The molecule has 6 heteroatoms. The van der Waals surface area contributed by atoms with E-state index in [1.165, 1.54) is 39.5 Å². The second-order valence-electron chi connectivity index (χ2n) is 8.55. The van der Waals surface area contributed by atoms with Gasteiger partial charge in [-0.2, -0.15) is 0 Å². The average Bonchev–Trinajstić information content (AvgIpc) is 3.31. The summed E-state index contributed by atoms with van der Waals surface area (Å²) in [4.78, 5) is 17.1. The minimum atomic E-state index is -0.0626. The molecule has 0 saturated heterocycles. The summed E-state index contributed by atoms with van der Waals surface area (Å²) < 4.78 is 2.33. The van der Waals surface area contributed by atoms with Gasteiger partial charge >= 0.3 is 6.03 Å². The highest BCUT2D eigenvalue weighted by molar-refractivity contribution is 7.15. The van der Waals surface area contributed by atoms with Crippen LogP contribution in [-0.2, 0) is 19.4 Å². The summed E-state index contributed by atoms with van der Waals surface area (Å²) >= 11 is 7.93. The van der Waals surface area contributed by atoms with Gasteiger partial charge in [-0.3, -0.25) is 0 Å². The first-order valence-electron chi connectivity index (χ1n) is 10.7. The van der Waals surface area contributed by atoms with E-state index < -0.39 is 0 Å². The molecule has 0 spiro atoms. The van der Waals surface area contributed by atoms with Crippen LogP contribution in [-0.4, -0.2) is 15.5 Å². The Kier molecular flexibility index (Phi) is 5.11. The number of rotatable bonds is 2. The number of hydrogen-bond acceptors (Lipinski definition) is 2. The minimum Gasteiger partial charge on any atom is -0.311 e. The van der Waals surface area contributed by atoms with Crippen molar-refractivity contribution in [1.82, 2.24) is 9.47 Å². The van der Waals surface area contributed by atoms with Gasteiger partial charge in [0.1, 0.15) is 5.00 Å². The first-order chi connectivity index (χ1) is 14.5. The van der Waals surface area contributed by atoms with Crippen LogP contribution in [0.5, 0.6) is 0 Å². The van der Waals surface area contributed by atoms with Crippen molar-refractivity contribution in [3.8, 4) is 5.00 Å². The maximum absolute atomic E-state index is 13.5. The number of nitrogens with zero attached hydrogens (tertiary/aromatic N) is 2. The monoisotopic (exact) mass is 439 g/mol. The lowest BCUT2D eigenvalue weighted by atomic mass is 9.94. The van der Waals surface area contributed by atoms with E-state index in [1.807, 2.05) is 28.4 Å². The molecular weight excluding hydrogens is 414 g/mol. The van der Waals surface area contributed by atoms with Crippen LogP contribution in [0.3, 0.4) is 0 Å². The largest absolute Gasteiger partial charge is 0.322 e. The third kappa shape index (κ3) is 3.34. The molecule has 1 aliphatic heterocycles. The molecule has 0 saturated carbocycles. The Morgan fingerprint density at radius 2 is 1.90 bits per heavy atom. The highest BCUT2D eigenvalue weighted by Gasteiger charge is 2.36. The van der Waals surface area contributed by atoms with Gasteiger partial charge < -0.3 is 14.8 Å². The Hall–Kier alpha value is -2.24. The first-order valence-corrected chi connectivity index (χ1v) is 11.9. The molecule has 4 nitrogen and oxygen atoms in total. The zero-order chi connectivity index (χ0) is 20.8. The SMILES string of the molecule is CC(C)[C@@H]1c2cccn2-c2sc3c(c2CN1C(=O)Nc1ccc(Cl)cc1)CCCC3. The van der Waals surface area contributed by atoms with Gasteiger partial charge in [0, 0.05) is 33.0 Å². The molecule has 1 aromatic carbocycles. The number of halogens is 1. The summed E-state index contributed by atoms with van der Waals surface area (Å²) in [6.07, 6.45) is 6.94. The Morgan fingerprint density at radius 3 is 2.67 bits per heavy atom. The Labute approximate surface area is 186 Å². The van der Waals surface area contributed by atoms with Crippen molar-refractivity contribution in [3.05, 3.63) is 69.3 Å². The van der Waals surface area contributed by atoms with Crippen LogP contribution in [0.4, 0.5) is 10.5 Å². The predicted octanol–water partition coefficient (Wildman–Crippen LogP) is 6.82. The number of anilines is 1. The Balaban J connectivity index is 1.58. The fourth-order valence-corrected chi connectivity index (χ4v) is 6.38. The molecule has 0 unspecified atom stereocenters. The number of nitrogens with one attached hydrogen (secondary N) is 1. The number of aromatic nitrogens is 1. The minimum absolute atomic E-state index is 0.00569. The van der Waals surface area contributed by atoms with E-state index in [0.29, 0.717) is 17.5 Å². The van der Waals surface area contributed by atoms with Crippen molar-refractivity contribution < 1.29 is 4.79 Å². The van der Waals surface area contributed by atoms with E-state index in [-0.39, 0.29) is 12.1 Å². The van der Waals surface area contributed by atoms with Crippen molar-refractivity contribution in [3.63, 3.8) is 0 Å². The molecule has 2 amide bonds. The van der Waals surface area contributed by atoms with Crippen LogP contribution < -0.4 is 5.32 Å². The van der Waals surface area contributed by atoms with Gasteiger partial charge in [0.2, 0.25) is 0 Å². The van der Waals surface area contributed by atoms with Gasteiger partial charge in [-0.25, -0.2) is 4.79 Å². The second kappa shape index (κ2) is 7.78. The molecule has 1 atom stereocenters. The van der Waals surface area contributed by atoms with Gasteiger partial charge in [-0.15, -0.1) is 11.3 Å². The Morgan fingerprint density at radius 1 is 1.13 bits per heavy atom. The summed E-state index contributed by atoms with van der Waals surface area (Å²) in [6.45, 7) is 5.03. The van der Waals surface area contributed by atoms with E-state index in [9.17, 15) is 4.79 Å². The molecule has 0 fully saturated rings. The highest BCUT2D eigenvalue weighted by Crippen LogP contribution is 2.44. The molecule has 156 valence electrons. The molecule has 1 N–H and O–H groups in total. The number of carbonyl (C=O) groups excluding carboxylic acids is 1. The molecule has 3 aromatic rings. The van der Waals surface area contributed by atoms with E-state index in [2.05, 4.69) is 42.1 Å². The molecule has 0 bridgehead atoms. The lowest BCUT2D eigenvalue weighted by Gasteiger charge is -2.33. The number of aryl methyl sites for hydroxylation is 1. The number of hydrogen-bond donors (Lipinski definition) is 1. The molecule has 5 rings (SSSR count). The summed E-state index contributed by atoms with van der Waals surface area (Å²) in [6, 6.07) is 11.5. The average molecular weight is 440 g/mol. The number of fused-ring (bicyclic) bond motifs is 5. The predicted molar refractivity (Wildman–Crippen MR) is 124 cm³/mol. The first kappa shape index (κ1) is 19.7. The third-order valence-corrected chi connectivity index (χ3v) is 7.80. The summed E-state index contributed by atoms with van der Waals surface area (Å²) in [5.41, 5.74) is 4.77. The van der Waals surface area contributed by atoms with Gasteiger partial charge in [0.05, 0.1) is 12.6 Å². The third-order valence-electron chi connectivity index (χ3n) is 6.21. The maximum atomic E-state index is 13.5. The number of urea groups is 1. The van der Waals surface area contributed by atoms with Crippen LogP contribution in [0.15, 0.2) is 42.6 Å². The Bertz CT molecular complexity index is 1080. The highest BCUT2D eigenvalue weighted by atomic mass is 35.5. The lowest BCUT2D eigenvalue weighted by Crippen LogP contribution is -2.39. The number of benzene rings is 1.